The highest BCUT2D eigenvalue weighted by Crippen LogP contribution is 2.33. The summed E-state index contributed by atoms with van der Waals surface area (Å²) >= 11 is 1.65. The number of nitrogens with one attached hydrogen (secondary N) is 1. The highest BCUT2D eigenvalue weighted by Gasteiger charge is 2.11. The van der Waals surface area contributed by atoms with E-state index in [9.17, 15) is 5.26 Å². The van der Waals surface area contributed by atoms with Gasteiger partial charge in [0.25, 0.3) is 0 Å². The van der Waals surface area contributed by atoms with Gasteiger partial charge in [0.2, 0.25) is 0 Å². The van der Waals surface area contributed by atoms with Crippen LogP contribution in [0, 0.1) is 11.3 Å². The van der Waals surface area contributed by atoms with Crippen molar-refractivity contribution in [2.24, 2.45) is 0 Å². The molecule has 4 heteroatoms. The van der Waals surface area contributed by atoms with Crippen LogP contribution in [0.1, 0.15) is 18.1 Å². The highest BCUT2D eigenvalue weighted by molar-refractivity contribution is 7.99. The van der Waals surface area contributed by atoms with E-state index >= 15 is 0 Å². The first-order valence-corrected chi connectivity index (χ1v) is 7.85. The van der Waals surface area contributed by atoms with E-state index in [-0.39, 0.29) is 0 Å². The summed E-state index contributed by atoms with van der Waals surface area (Å²) in [6.45, 7) is 2.79. The lowest BCUT2D eigenvalue weighted by Crippen LogP contribution is -2.06. The van der Waals surface area contributed by atoms with Crippen LogP contribution in [-0.2, 0) is 6.54 Å². The topological polar surface area (TPSA) is 45.0 Å². The van der Waals surface area contributed by atoms with Gasteiger partial charge in [-0.25, -0.2) is 0 Å². The first-order chi connectivity index (χ1) is 10.3. The smallest absolute Gasteiger partial charge is 0.146 e. The zero-order valence-corrected chi connectivity index (χ0v) is 13.0. The van der Waals surface area contributed by atoms with Crippen molar-refractivity contribution in [2.45, 2.75) is 18.4 Å². The number of rotatable bonds is 6. The average molecular weight is 298 g/mol. The largest absolute Gasteiger partial charge is 0.456 e. The summed E-state index contributed by atoms with van der Waals surface area (Å²) < 4.78 is 6.00. The first-order valence-electron chi connectivity index (χ1n) is 6.86. The third kappa shape index (κ3) is 3.78. The number of ether oxygens (including phenoxy) is 1. The standard InChI is InChI=1S/C17H18N2OS/c1-3-21-17-10-6-9-16(14(17)11-18)20-15-8-5-4-7-13(15)12-19-2/h4-10,19H,3,12H2,1-2H3. The molecule has 0 unspecified atom stereocenters. The van der Waals surface area contributed by atoms with Crippen LogP contribution in [-0.4, -0.2) is 12.8 Å². The van der Waals surface area contributed by atoms with E-state index in [0.717, 1.165) is 28.5 Å². The third-order valence-corrected chi connectivity index (χ3v) is 3.90. The minimum Gasteiger partial charge on any atom is -0.456 e. The fourth-order valence-electron chi connectivity index (χ4n) is 2.04. The van der Waals surface area contributed by atoms with Gasteiger partial charge in [0.15, 0.2) is 0 Å². The maximum absolute atomic E-state index is 9.42. The summed E-state index contributed by atoms with van der Waals surface area (Å²) in [7, 11) is 1.90. The fraction of sp³-hybridized carbons (Fsp3) is 0.235. The molecular weight excluding hydrogens is 280 g/mol. The van der Waals surface area contributed by atoms with Crippen molar-refractivity contribution >= 4 is 11.8 Å². The summed E-state index contributed by atoms with van der Waals surface area (Å²) in [6, 6.07) is 15.8. The number of para-hydroxylation sites is 1. The molecule has 0 spiro atoms. The Kier molecular flexibility index (Phi) is 5.68. The molecule has 0 aromatic heterocycles. The van der Waals surface area contributed by atoms with E-state index in [0.29, 0.717) is 11.3 Å². The van der Waals surface area contributed by atoms with Gasteiger partial charge in [-0.05, 0) is 31.0 Å². The molecule has 0 bridgehead atoms. The van der Waals surface area contributed by atoms with Crippen molar-refractivity contribution in [1.29, 1.82) is 5.26 Å². The molecule has 0 radical (unpaired) electrons. The maximum Gasteiger partial charge on any atom is 0.146 e. The van der Waals surface area contributed by atoms with Crippen molar-refractivity contribution in [3.05, 3.63) is 53.6 Å². The van der Waals surface area contributed by atoms with Gasteiger partial charge < -0.3 is 10.1 Å². The van der Waals surface area contributed by atoms with Crippen LogP contribution >= 0.6 is 11.8 Å². The Hall–Kier alpha value is -1.96. The SMILES string of the molecule is CCSc1cccc(Oc2ccccc2CNC)c1C#N. The van der Waals surface area contributed by atoms with E-state index in [1.54, 1.807) is 11.8 Å². The van der Waals surface area contributed by atoms with Crippen molar-refractivity contribution in [2.75, 3.05) is 12.8 Å². The highest BCUT2D eigenvalue weighted by atomic mass is 32.2. The number of benzene rings is 2. The summed E-state index contributed by atoms with van der Waals surface area (Å²) in [5.74, 6) is 2.32. The number of nitriles is 1. The second-order valence-corrected chi connectivity index (χ2v) is 5.72. The van der Waals surface area contributed by atoms with E-state index < -0.39 is 0 Å². The van der Waals surface area contributed by atoms with Gasteiger partial charge in [0.05, 0.1) is 0 Å². The quantitative estimate of drug-likeness (QED) is 0.813. The van der Waals surface area contributed by atoms with Crippen LogP contribution in [0.4, 0.5) is 0 Å². The molecule has 108 valence electrons. The molecule has 0 fully saturated rings. The molecule has 0 saturated carbocycles. The van der Waals surface area contributed by atoms with E-state index in [1.807, 2.05) is 49.5 Å². The van der Waals surface area contributed by atoms with Crippen LogP contribution in [0.3, 0.4) is 0 Å². The Labute approximate surface area is 129 Å². The molecule has 0 amide bonds. The van der Waals surface area contributed by atoms with E-state index in [4.69, 9.17) is 4.74 Å². The van der Waals surface area contributed by atoms with Crippen LogP contribution < -0.4 is 10.1 Å². The monoisotopic (exact) mass is 298 g/mol. The molecule has 0 aliphatic heterocycles. The van der Waals surface area contributed by atoms with Crippen molar-refractivity contribution < 1.29 is 4.74 Å². The van der Waals surface area contributed by atoms with Crippen LogP contribution in [0.25, 0.3) is 0 Å². The van der Waals surface area contributed by atoms with E-state index in [1.165, 1.54) is 0 Å². The summed E-state index contributed by atoms with van der Waals surface area (Å²) in [5.41, 5.74) is 1.67. The fourth-order valence-corrected chi connectivity index (χ4v) is 2.82. The number of hydrogen-bond donors (Lipinski definition) is 1. The summed E-state index contributed by atoms with van der Waals surface area (Å²) in [5, 5.41) is 12.5. The molecule has 0 aliphatic carbocycles. The van der Waals surface area contributed by atoms with Gasteiger partial charge >= 0.3 is 0 Å². The molecule has 21 heavy (non-hydrogen) atoms. The minimum absolute atomic E-state index is 0.601. The number of thioether (sulfide) groups is 1. The Morgan fingerprint density at radius 3 is 2.62 bits per heavy atom. The van der Waals surface area contributed by atoms with Crippen LogP contribution in [0.5, 0.6) is 11.5 Å². The van der Waals surface area contributed by atoms with Crippen molar-refractivity contribution in [1.82, 2.24) is 5.32 Å². The van der Waals surface area contributed by atoms with Gasteiger partial charge in [-0.2, -0.15) is 5.26 Å². The number of hydrogen-bond acceptors (Lipinski definition) is 4. The molecule has 0 aliphatic rings. The van der Waals surface area contributed by atoms with Gasteiger partial charge in [-0.3, -0.25) is 0 Å². The maximum atomic E-state index is 9.42. The second-order valence-electron chi connectivity index (χ2n) is 4.41. The molecule has 2 aromatic rings. The Balaban J connectivity index is 2.36. The minimum atomic E-state index is 0.601. The van der Waals surface area contributed by atoms with Gasteiger partial charge in [0, 0.05) is 17.0 Å². The Bertz CT molecular complexity index is 649. The normalized spacial score (nSPS) is 10.1. The van der Waals surface area contributed by atoms with Gasteiger partial charge in [-0.15, -0.1) is 11.8 Å². The summed E-state index contributed by atoms with van der Waals surface area (Å²) in [6.07, 6.45) is 0. The lowest BCUT2D eigenvalue weighted by atomic mass is 10.2. The zero-order valence-electron chi connectivity index (χ0n) is 12.2. The summed E-state index contributed by atoms with van der Waals surface area (Å²) in [4.78, 5) is 0.962. The predicted octanol–water partition coefficient (Wildman–Crippen LogP) is 4.18. The van der Waals surface area contributed by atoms with Crippen molar-refractivity contribution in [3.63, 3.8) is 0 Å². The zero-order chi connectivity index (χ0) is 15.1. The van der Waals surface area contributed by atoms with Gasteiger partial charge in [-0.1, -0.05) is 31.2 Å². The lowest BCUT2D eigenvalue weighted by Gasteiger charge is -2.13. The molecule has 2 aromatic carbocycles. The average Bonchev–Trinajstić information content (AvgIpc) is 2.50. The third-order valence-electron chi connectivity index (χ3n) is 2.96. The molecule has 3 nitrogen and oxygen atoms in total. The number of nitrogens with zero attached hydrogens (tertiary/aromatic N) is 1. The Morgan fingerprint density at radius 1 is 1.14 bits per heavy atom. The first kappa shape index (κ1) is 15.4. The molecule has 0 heterocycles. The Morgan fingerprint density at radius 2 is 1.90 bits per heavy atom. The lowest BCUT2D eigenvalue weighted by molar-refractivity contribution is 0.471. The van der Waals surface area contributed by atoms with Crippen LogP contribution in [0.15, 0.2) is 47.4 Å². The van der Waals surface area contributed by atoms with Gasteiger partial charge in [0.1, 0.15) is 23.1 Å². The molecule has 2 rings (SSSR count). The predicted molar refractivity (Wildman–Crippen MR) is 86.8 cm³/mol. The van der Waals surface area contributed by atoms with E-state index in [2.05, 4.69) is 18.3 Å². The van der Waals surface area contributed by atoms with Crippen molar-refractivity contribution in [3.8, 4) is 17.6 Å². The molecule has 0 atom stereocenters. The molecule has 0 saturated heterocycles. The van der Waals surface area contributed by atoms with Crippen LogP contribution in [0.2, 0.25) is 0 Å². The molecular formula is C17H18N2OS. The second kappa shape index (κ2) is 7.72. The molecule has 1 N–H and O–H groups in total.